The molecule has 0 aliphatic carbocycles. The third-order valence-corrected chi connectivity index (χ3v) is 9.12. The number of carbonyl (C=O) groups excluding carboxylic acids is 3. The monoisotopic (exact) mass is 611 g/mol. The minimum Gasteiger partial charge on any atom is -0.466 e. The lowest BCUT2D eigenvalue weighted by Crippen LogP contribution is -2.58. The van der Waals surface area contributed by atoms with Crippen molar-refractivity contribution in [2.45, 2.75) is 55.0 Å². The Morgan fingerprint density at radius 2 is 1.98 bits per heavy atom. The van der Waals surface area contributed by atoms with Gasteiger partial charge in [-0.1, -0.05) is 63.6 Å². The number of aliphatic hydroxyl groups excluding tert-OH is 1. The van der Waals surface area contributed by atoms with Gasteiger partial charge in [-0.2, -0.15) is 0 Å². The summed E-state index contributed by atoms with van der Waals surface area (Å²) in [6.45, 7) is 1.52. The highest BCUT2D eigenvalue weighted by Crippen LogP contribution is 2.60. The Hall–Kier alpha value is -3.35. The van der Waals surface area contributed by atoms with Crippen LogP contribution in [0.25, 0.3) is 11.0 Å². The number of esters is 1. The van der Waals surface area contributed by atoms with Gasteiger partial charge >= 0.3 is 5.97 Å². The Morgan fingerprint density at radius 3 is 2.73 bits per heavy atom. The molecular formula is C28H30BrN5O6. The first kappa shape index (κ1) is 26.9. The molecule has 210 valence electrons. The van der Waals surface area contributed by atoms with Gasteiger partial charge < -0.3 is 24.8 Å². The Balaban J connectivity index is 1.36. The van der Waals surface area contributed by atoms with E-state index in [-0.39, 0.29) is 30.6 Å². The maximum absolute atomic E-state index is 14.2. The van der Waals surface area contributed by atoms with Crippen LogP contribution in [-0.2, 0) is 36.9 Å². The Labute approximate surface area is 238 Å². The molecule has 3 aromatic rings. The van der Waals surface area contributed by atoms with Crippen LogP contribution in [0.2, 0.25) is 0 Å². The van der Waals surface area contributed by atoms with E-state index in [1.165, 1.54) is 4.90 Å². The summed E-state index contributed by atoms with van der Waals surface area (Å²) in [5.41, 5.74) is 1.08. The SMILES string of the molecule is CCOC(=O)[C@H]1[C@H]2C(=O)N([C@@H](CO)Cc3ccccc3)C(C(=O)NCn3nnc4ccccc43)C23CC(Br)[C@@H]1O3. The van der Waals surface area contributed by atoms with Crippen molar-refractivity contribution >= 4 is 44.7 Å². The lowest BCUT2D eigenvalue weighted by atomic mass is 9.70. The number of carbonyl (C=O) groups is 3. The quantitative estimate of drug-likeness (QED) is 0.274. The zero-order valence-electron chi connectivity index (χ0n) is 21.9. The average molecular weight is 612 g/mol. The number of fused-ring (bicyclic) bond motifs is 2. The van der Waals surface area contributed by atoms with Crippen molar-refractivity contribution in [3.63, 3.8) is 0 Å². The van der Waals surface area contributed by atoms with E-state index in [1.54, 1.807) is 11.6 Å². The summed E-state index contributed by atoms with van der Waals surface area (Å²) >= 11 is 3.64. The molecule has 3 unspecified atom stereocenters. The summed E-state index contributed by atoms with van der Waals surface area (Å²) in [6.07, 6.45) is 0.0783. The number of ether oxygens (including phenoxy) is 2. The molecule has 1 aromatic heterocycles. The van der Waals surface area contributed by atoms with Crippen LogP contribution >= 0.6 is 15.9 Å². The largest absolute Gasteiger partial charge is 0.466 e. The van der Waals surface area contributed by atoms with Crippen LogP contribution in [-0.4, -0.2) is 84.6 Å². The van der Waals surface area contributed by atoms with Gasteiger partial charge in [-0.15, -0.1) is 5.10 Å². The van der Waals surface area contributed by atoms with Gasteiger partial charge in [0, 0.05) is 4.83 Å². The van der Waals surface area contributed by atoms with Crippen molar-refractivity contribution in [1.82, 2.24) is 25.2 Å². The van der Waals surface area contributed by atoms with Gasteiger partial charge in [-0.3, -0.25) is 14.4 Å². The molecule has 3 aliphatic rings. The first-order valence-electron chi connectivity index (χ1n) is 13.4. The predicted octanol–water partition coefficient (Wildman–Crippen LogP) is 1.42. The van der Waals surface area contributed by atoms with E-state index in [0.29, 0.717) is 18.4 Å². The predicted molar refractivity (Wildman–Crippen MR) is 146 cm³/mol. The maximum atomic E-state index is 14.2. The smallest absolute Gasteiger partial charge is 0.312 e. The molecule has 1 spiro atoms. The van der Waals surface area contributed by atoms with Crippen molar-refractivity contribution < 1.29 is 29.0 Å². The van der Waals surface area contributed by atoms with E-state index in [4.69, 9.17) is 9.47 Å². The lowest BCUT2D eigenvalue weighted by Gasteiger charge is -2.36. The Bertz CT molecular complexity index is 1430. The molecular weight excluding hydrogens is 582 g/mol. The number of benzene rings is 2. The molecule has 0 radical (unpaired) electrons. The highest BCUT2D eigenvalue weighted by molar-refractivity contribution is 9.09. The first-order valence-corrected chi connectivity index (χ1v) is 14.3. The van der Waals surface area contributed by atoms with Gasteiger partial charge in [-0.05, 0) is 37.5 Å². The third kappa shape index (κ3) is 4.20. The van der Waals surface area contributed by atoms with Crippen molar-refractivity contribution in [2.75, 3.05) is 13.2 Å². The van der Waals surface area contributed by atoms with E-state index in [2.05, 4.69) is 31.6 Å². The van der Waals surface area contributed by atoms with Crippen LogP contribution in [0.1, 0.15) is 18.9 Å². The van der Waals surface area contributed by atoms with Crippen LogP contribution in [0.4, 0.5) is 0 Å². The van der Waals surface area contributed by atoms with Crippen LogP contribution < -0.4 is 5.32 Å². The summed E-state index contributed by atoms with van der Waals surface area (Å²) in [5.74, 6) is -3.12. The molecule has 4 heterocycles. The molecule has 3 saturated heterocycles. The number of aliphatic hydroxyl groups is 1. The third-order valence-electron chi connectivity index (χ3n) is 8.28. The first-order chi connectivity index (χ1) is 19.4. The molecule has 2 bridgehead atoms. The summed E-state index contributed by atoms with van der Waals surface area (Å²) in [5, 5.41) is 21.7. The standard InChI is InChI=1S/C28H30BrN5O6/c1-2-39-27(38)21-22-26(37)34(17(14-35)12-16-8-4-3-5-9-16)24(28(22)13-18(29)23(21)40-28)25(36)30-15-33-20-11-7-6-10-19(20)31-32-33/h3-11,17-18,21-24,35H,2,12-15H2,1H3,(H,30,36)/t17-,18?,21+,22+,23+,24?,28?/m1/s1. The number of para-hydroxylation sites is 1. The van der Waals surface area contributed by atoms with E-state index in [1.807, 2.05) is 54.6 Å². The van der Waals surface area contributed by atoms with Crippen molar-refractivity contribution in [1.29, 1.82) is 0 Å². The summed E-state index contributed by atoms with van der Waals surface area (Å²) in [7, 11) is 0. The molecule has 0 saturated carbocycles. The fourth-order valence-electron chi connectivity index (χ4n) is 6.69. The second-order valence-corrected chi connectivity index (χ2v) is 11.6. The van der Waals surface area contributed by atoms with Gasteiger partial charge in [0.15, 0.2) is 0 Å². The Kier molecular flexibility index (Phi) is 7.09. The van der Waals surface area contributed by atoms with Gasteiger partial charge in [0.1, 0.15) is 23.8 Å². The minimum atomic E-state index is -1.26. The van der Waals surface area contributed by atoms with E-state index in [9.17, 15) is 19.5 Å². The van der Waals surface area contributed by atoms with Crippen LogP contribution in [0.3, 0.4) is 0 Å². The topological polar surface area (TPSA) is 136 Å². The highest BCUT2D eigenvalue weighted by Gasteiger charge is 2.77. The maximum Gasteiger partial charge on any atom is 0.312 e. The van der Waals surface area contributed by atoms with Crippen molar-refractivity contribution in [3.05, 3.63) is 60.2 Å². The second-order valence-electron chi connectivity index (χ2n) is 10.5. The normalized spacial score (nSPS) is 29.5. The van der Waals surface area contributed by atoms with Gasteiger partial charge in [-0.25, -0.2) is 4.68 Å². The molecule has 3 fully saturated rings. The number of alkyl halides is 1. The number of likely N-dealkylation sites (tertiary alicyclic amines) is 1. The zero-order valence-corrected chi connectivity index (χ0v) is 23.4. The number of hydrogen-bond donors (Lipinski definition) is 2. The fourth-order valence-corrected chi connectivity index (χ4v) is 7.63. The molecule has 2 N–H and O–H groups in total. The number of aromatic nitrogens is 3. The molecule has 6 rings (SSSR count). The minimum absolute atomic E-state index is 0.0174. The highest BCUT2D eigenvalue weighted by atomic mass is 79.9. The second kappa shape index (κ2) is 10.6. The number of halogens is 1. The number of nitrogens with one attached hydrogen (secondary N) is 1. The van der Waals surface area contributed by atoms with Gasteiger partial charge in [0.2, 0.25) is 11.8 Å². The molecule has 40 heavy (non-hydrogen) atoms. The zero-order chi connectivity index (χ0) is 28.0. The van der Waals surface area contributed by atoms with E-state index < -0.39 is 47.5 Å². The molecule has 11 nitrogen and oxygen atoms in total. The number of amides is 2. The lowest BCUT2D eigenvalue weighted by molar-refractivity contribution is -0.155. The summed E-state index contributed by atoms with van der Waals surface area (Å²) in [6, 6.07) is 15.1. The molecule has 2 amide bonds. The summed E-state index contributed by atoms with van der Waals surface area (Å²) < 4.78 is 13.4. The van der Waals surface area contributed by atoms with E-state index >= 15 is 0 Å². The molecule has 7 atom stereocenters. The van der Waals surface area contributed by atoms with Crippen LogP contribution in [0.15, 0.2) is 54.6 Å². The van der Waals surface area contributed by atoms with Crippen molar-refractivity contribution in [3.8, 4) is 0 Å². The number of rotatable bonds is 9. The average Bonchev–Trinajstić information content (AvgIpc) is 3.68. The van der Waals surface area contributed by atoms with Gasteiger partial charge in [0.05, 0.1) is 42.7 Å². The Morgan fingerprint density at radius 1 is 1.23 bits per heavy atom. The van der Waals surface area contributed by atoms with Crippen LogP contribution in [0.5, 0.6) is 0 Å². The van der Waals surface area contributed by atoms with Crippen molar-refractivity contribution in [2.24, 2.45) is 11.8 Å². The van der Waals surface area contributed by atoms with Gasteiger partial charge in [0.25, 0.3) is 0 Å². The molecule has 3 aliphatic heterocycles. The number of nitrogens with zero attached hydrogens (tertiary/aromatic N) is 4. The molecule has 12 heteroatoms. The number of hydrogen-bond acceptors (Lipinski definition) is 8. The van der Waals surface area contributed by atoms with Crippen LogP contribution in [0, 0.1) is 11.8 Å². The van der Waals surface area contributed by atoms with E-state index in [0.717, 1.165) is 11.1 Å². The fraction of sp³-hybridized carbons (Fsp3) is 0.464. The summed E-state index contributed by atoms with van der Waals surface area (Å²) in [4.78, 5) is 42.6. The molecule has 2 aromatic carbocycles.